The molecule has 2 unspecified atom stereocenters. The number of nitrogens with one attached hydrogen (secondary N) is 1. The number of hydrogen-bond acceptors (Lipinski definition) is 2. The SMILES string of the molecule is CC(CCNCC1CC1)S(C)=O. The van der Waals surface area contributed by atoms with Crippen molar-refractivity contribution in [2.24, 2.45) is 5.92 Å². The lowest BCUT2D eigenvalue weighted by atomic mass is 10.3. The smallest absolute Gasteiger partial charge is 0.0329 e. The molecule has 0 aromatic heterocycles. The predicted octanol–water partition coefficient (Wildman–Crippen LogP) is 1.14. The van der Waals surface area contributed by atoms with E-state index in [2.05, 4.69) is 12.2 Å². The summed E-state index contributed by atoms with van der Waals surface area (Å²) in [7, 11) is -0.649. The molecule has 2 nitrogen and oxygen atoms in total. The molecule has 2 atom stereocenters. The molecule has 0 radical (unpaired) electrons. The second-order valence-electron chi connectivity index (χ2n) is 3.75. The fourth-order valence-corrected chi connectivity index (χ4v) is 1.55. The minimum atomic E-state index is -0.649. The van der Waals surface area contributed by atoms with Crippen molar-refractivity contribution in [3.05, 3.63) is 0 Å². The Hall–Kier alpha value is 0.110. The van der Waals surface area contributed by atoms with Crippen LogP contribution >= 0.6 is 0 Å². The molecule has 0 saturated heterocycles. The first-order chi connectivity index (χ1) is 5.70. The fourth-order valence-electron chi connectivity index (χ4n) is 1.10. The molecule has 0 amide bonds. The maximum absolute atomic E-state index is 11.0. The van der Waals surface area contributed by atoms with E-state index in [1.54, 1.807) is 6.26 Å². The molecule has 1 rings (SSSR count). The summed E-state index contributed by atoms with van der Waals surface area (Å²) in [5.74, 6) is 0.951. The van der Waals surface area contributed by atoms with Gasteiger partial charge in [0.05, 0.1) is 0 Å². The first-order valence-electron chi connectivity index (χ1n) is 4.73. The van der Waals surface area contributed by atoms with Crippen molar-refractivity contribution < 1.29 is 4.21 Å². The Labute approximate surface area is 77.6 Å². The standard InChI is InChI=1S/C9H19NOS/c1-8(12(2)11)5-6-10-7-9-3-4-9/h8-10H,3-7H2,1-2H3. The molecule has 0 bridgehead atoms. The van der Waals surface area contributed by atoms with Gasteiger partial charge < -0.3 is 5.32 Å². The average Bonchev–Trinajstić information content (AvgIpc) is 2.80. The lowest BCUT2D eigenvalue weighted by Crippen LogP contribution is -2.22. The van der Waals surface area contributed by atoms with Gasteiger partial charge in [-0.25, -0.2) is 0 Å². The lowest BCUT2D eigenvalue weighted by Gasteiger charge is -2.08. The van der Waals surface area contributed by atoms with Gasteiger partial charge in [-0.05, 0) is 38.3 Å². The van der Waals surface area contributed by atoms with Crippen LogP contribution in [0.4, 0.5) is 0 Å². The Balaban J connectivity index is 1.89. The highest BCUT2D eigenvalue weighted by Crippen LogP contribution is 2.27. The average molecular weight is 189 g/mol. The predicted molar refractivity (Wildman–Crippen MR) is 53.7 cm³/mol. The zero-order valence-corrected chi connectivity index (χ0v) is 8.82. The van der Waals surface area contributed by atoms with E-state index in [9.17, 15) is 4.21 Å². The fraction of sp³-hybridized carbons (Fsp3) is 1.00. The van der Waals surface area contributed by atoms with Gasteiger partial charge >= 0.3 is 0 Å². The zero-order valence-electron chi connectivity index (χ0n) is 8.01. The van der Waals surface area contributed by atoms with Gasteiger partial charge in [-0.1, -0.05) is 6.92 Å². The highest BCUT2D eigenvalue weighted by molar-refractivity contribution is 7.84. The first kappa shape index (κ1) is 10.2. The zero-order chi connectivity index (χ0) is 8.97. The van der Waals surface area contributed by atoms with Crippen molar-refractivity contribution in [1.82, 2.24) is 5.32 Å². The van der Waals surface area contributed by atoms with Gasteiger partial charge in [0.25, 0.3) is 0 Å². The van der Waals surface area contributed by atoms with E-state index in [4.69, 9.17) is 0 Å². The summed E-state index contributed by atoms with van der Waals surface area (Å²) >= 11 is 0. The molecule has 1 fully saturated rings. The van der Waals surface area contributed by atoms with Crippen molar-refractivity contribution in [2.45, 2.75) is 31.4 Å². The quantitative estimate of drug-likeness (QED) is 0.635. The highest BCUT2D eigenvalue weighted by Gasteiger charge is 2.20. The third-order valence-corrected chi connectivity index (χ3v) is 3.79. The molecule has 12 heavy (non-hydrogen) atoms. The minimum absolute atomic E-state index is 0.344. The minimum Gasteiger partial charge on any atom is -0.316 e. The lowest BCUT2D eigenvalue weighted by molar-refractivity contribution is 0.603. The second kappa shape index (κ2) is 4.97. The van der Waals surface area contributed by atoms with Gasteiger partial charge in [-0.15, -0.1) is 0 Å². The van der Waals surface area contributed by atoms with Crippen molar-refractivity contribution in [3.63, 3.8) is 0 Å². The van der Waals surface area contributed by atoms with E-state index >= 15 is 0 Å². The highest BCUT2D eigenvalue weighted by atomic mass is 32.2. The molecular formula is C9H19NOS. The van der Waals surface area contributed by atoms with E-state index in [0.717, 1.165) is 18.9 Å². The summed E-state index contributed by atoms with van der Waals surface area (Å²) < 4.78 is 11.0. The Morgan fingerprint density at radius 2 is 2.25 bits per heavy atom. The molecule has 1 N–H and O–H groups in total. The molecule has 1 saturated carbocycles. The third kappa shape index (κ3) is 4.21. The molecule has 1 aliphatic carbocycles. The summed E-state index contributed by atoms with van der Waals surface area (Å²) in [6.07, 6.45) is 5.63. The third-order valence-electron chi connectivity index (χ3n) is 2.42. The molecule has 0 aliphatic heterocycles. The number of rotatable bonds is 6. The molecular weight excluding hydrogens is 170 g/mol. The Morgan fingerprint density at radius 3 is 2.75 bits per heavy atom. The monoisotopic (exact) mass is 189 g/mol. The summed E-state index contributed by atoms with van der Waals surface area (Å²) in [6.45, 7) is 4.25. The number of hydrogen-bond donors (Lipinski definition) is 1. The largest absolute Gasteiger partial charge is 0.316 e. The van der Waals surface area contributed by atoms with Gasteiger partial charge in [-0.3, -0.25) is 4.21 Å². The van der Waals surface area contributed by atoms with E-state index in [1.807, 2.05) is 0 Å². The van der Waals surface area contributed by atoms with Crippen LogP contribution in [0.1, 0.15) is 26.2 Å². The van der Waals surface area contributed by atoms with Gasteiger partial charge in [0.15, 0.2) is 0 Å². The summed E-state index contributed by atoms with van der Waals surface area (Å²) in [4.78, 5) is 0. The van der Waals surface area contributed by atoms with Crippen molar-refractivity contribution in [2.75, 3.05) is 19.3 Å². The van der Waals surface area contributed by atoms with Crippen molar-refractivity contribution in [3.8, 4) is 0 Å². The van der Waals surface area contributed by atoms with E-state index < -0.39 is 10.8 Å². The summed E-state index contributed by atoms with van der Waals surface area (Å²) in [5.41, 5.74) is 0. The van der Waals surface area contributed by atoms with E-state index in [0.29, 0.717) is 5.25 Å². The van der Waals surface area contributed by atoms with Gasteiger partial charge in [-0.2, -0.15) is 0 Å². The molecule has 0 heterocycles. The molecule has 3 heteroatoms. The Morgan fingerprint density at radius 1 is 1.58 bits per heavy atom. The van der Waals surface area contributed by atoms with Crippen LogP contribution in [0.3, 0.4) is 0 Å². The van der Waals surface area contributed by atoms with Crippen LogP contribution in [-0.2, 0) is 10.8 Å². The van der Waals surface area contributed by atoms with Gasteiger partial charge in [0.1, 0.15) is 0 Å². The van der Waals surface area contributed by atoms with Crippen LogP contribution in [-0.4, -0.2) is 28.8 Å². The van der Waals surface area contributed by atoms with Crippen LogP contribution < -0.4 is 5.32 Å². The van der Waals surface area contributed by atoms with Crippen LogP contribution in [0, 0.1) is 5.92 Å². The Kier molecular flexibility index (Phi) is 4.22. The summed E-state index contributed by atoms with van der Waals surface area (Å²) in [6, 6.07) is 0. The first-order valence-corrected chi connectivity index (χ1v) is 6.35. The van der Waals surface area contributed by atoms with Crippen LogP contribution in [0.15, 0.2) is 0 Å². The molecule has 0 aromatic rings. The van der Waals surface area contributed by atoms with Gasteiger partial charge in [0, 0.05) is 22.3 Å². The molecule has 0 aromatic carbocycles. The van der Waals surface area contributed by atoms with E-state index in [-0.39, 0.29) is 0 Å². The van der Waals surface area contributed by atoms with Crippen molar-refractivity contribution in [1.29, 1.82) is 0 Å². The second-order valence-corrected chi connectivity index (χ2v) is 5.55. The Bertz CT molecular complexity index is 157. The van der Waals surface area contributed by atoms with Crippen LogP contribution in [0.25, 0.3) is 0 Å². The normalized spacial score (nSPS) is 22.2. The maximum Gasteiger partial charge on any atom is 0.0329 e. The van der Waals surface area contributed by atoms with E-state index in [1.165, 1.54) is 19.4 Å². The summed E-state index contributed by atoms with van der Waals surface area (Å²) in [5, 5.41) is 3.74. The van der Waals surface area contributed by atoms with Crippen molar-refractivity contribution >= 4 is 10.8 Å². The molecule has 72 valence electrons. The van der Waals surface area contributed by atoms with Gasteiger partial charge in [0.2, 0.25) is 0 Å². The van der Waals surface area contributed by atoms with Crippen LogP contribution in [0.2, 0.25) is 0 Å². The topological polar surface area (TPSA) is 29.1 Å². The maximum atomic E-state index is 11.0. The van der Waals surface area contributed by atoms with Crippen LogP contribution in [0.5, 0.6) is 0 Å². The molecule has 1 aliphatic rings. The molecule has 0 spiro atoms.